The van der Waals surface area contributed by atoms with E-state index in [0.717, 1.165) is 23.2 Å². The number of nitrogens with one attached hydrogen (secondary N) is 2. The number of H-pyrrole nitrogens is 1. The fourth-order valence-corrected chi connectivity index (χ4v) is 3.16. The van der Waals surface area contributed by atoms with Crippen molar-refractivity contribution in [3.63, 3.8) is 0 Å². The van der Waals surface area contributed by atoms with Crippen molar-refractivity contribution < 1.29 is 18.8 Å². The summed E-state index contributed by atoms with van der Waals surface area (Å²) < 4.78 is 18.5. The third-order valence-corrected chi connectivity index (χ3v) is 4.72. The molecule has 0 saturated carbocycles. The van der Waals surface area contributed by atoms with Crippen molar-refractivity contribution >= 4 is 40.1 Å². The number of carbonyl (C=O) groups excluding carboxylic acids is 1. The van der Waals surface area contributed by atoms with Gasteiger partial charge >= 0.3 is 5.69 Å². The molecule has 0 radical (unpaired) electrons. The average Bonchev–Trinajstić information content (AvgIpc) is 3.04. The SMILES string of the molecule is COc1ccc2nc(SC(C)C(=O)Nc3ccc(F)c([N+](=O)[O-])c3)[nH]c2c1. The Hall–Kier alpha value is -3.14. The molecule has 1 aromatic heterocycles. The second-order valence-corrected chi connectivity index (χ2v) is 6.93. The highest BCUT2D eigenvalue weighted by Gasteiger charge is 2.19. The summed E-state index contributed by atoms with van der Waals surface area (Å²) in [6.07, 6.45) is 0. The third kappa shape index (κ3) is 4.17. The number of aromatic nitrogens is 2. The highest BCUT2D eigenvalue weighted by Crippen LogP contribution is 2.27. The number of benzene rings is 2. The molecule has 3 rings (SSSR count). The topological polar surface area (TPSA) is 110 Å². The molecule has 1 amide bonds. The molecule has 0 fully saturated rings. The molecule has 1 heterocycles. The van der Waals surface area contributed by atoms with Gasteiger partial charge in [-0.2, -0.15) is 4.39 Å². The molecule has 0 spiro atoms. The summed E-state index contributed by atoms with van der Waals surface area (Å²) in [4.78, 5) is 29.8. The average molecular weight is 390 g/mol. The number of nitro benzene ring substituents is 1. The minimum absolute atomic E-state index is 0.148. The van der Waals surface area contributed by atoms with Crippen molar-refractivity contribution in [1.29, 1.82) is 0 Å². The van der Waals surface area contributed by atoms with Crippen LogP contribution in [0.5, 0.6) is 5.75 Å². The Balaban J connectivity index is 1.70. The van der Waals surface area contributed by atoms with Crippen LogP contribution in [0.3, 0.4) is 0 Å². The predicted molar refractivity (Wildman–Crippen MR) is 99.6 cm³/mol. The Morgan fingerprint density at radius 2 is 2.15 bits per heavy atom. The van der Waals surface area contributed by atoms with Crippen molar-refractivity contribution in [3.05, 3.63) is 52.3 Å². The molecule has 1 unspecified atom stereocenters. The van der Waals surface area contributed by atoms with Crippen molar-refractivity contribution in [2.24, 2.45) is 0 Å². The van der Waals surface area contributed by atoms with Crippen molar-refractivity contribution in [2.75, 3.05) is 12.4 Å². The van der Waals surface area contributed by atoms with Gasteiger partial charge in [-0.25, -0.2) is 4.98 Å². The summed E-state index contributed by atoms with van der Waals surface area (Å²) in [7, 11) is 1.57. The molecular weight excluding hydrogens is 375 g/mol. The number of nitrogens with zero attached hydrogens (tertiary/aromatic N) is 2. The number of anilines is 1. The number of methoxy groups -OCH3 is 1. The van der Waals surface area contributed by atoms with Crippen LogP contribution in [-0.2, 0) is 4.79 Å². The summed E-state index contributed by atoms with van der Waals surface area (Å²) in [6, 6.07) is 8.59. The predicted octanol–water partition coefficient (Wildman–Crippen LogP) is 3.74. The lowest BCUT2D eigenvalue weighted by molar-refractivity contribution is -0.387. The number of fused-ring (bicyclic) bond motifs is 1. The van der Waals surface area contributed by atoms with E-state index in [0.29, 0.717) is 10.9 Å². The number of rotatable bonds is 6. The first-order chi connectivity index (χ1) is 12.9. The van der Waals surface area contributed by atoms with Crippen molar-refractivity contribution in [3.8, 4) is 5.75 Å². The number of hydrogen-bond donors (Lipinski definition) is 2. The largest absolute Gasteiger partial charge is 0.497 e. The van der Waals surface area contributed by atoms with E-state index in [1.54, 1.807) is 32.2 Å². The maximum atomic E-state index is 13.4. The lowest BCUT2D eigenvalue weighted by Crippen LogP contribution is -2.22. The molecule has 0 saturated heterocycles. The van der Waals surface area contributed by atoms with E-state index in [2.05, 4.69) is 15.3 Å². The first-order valence-corrected chi connectivity index (χ1v) is 8.70. The van der Waals surface area contributed by atoms with Crippen LogP contribution < -0.4 is 10.1 Å². The Bertz CT molecular complexity index is 1020. The third-order valence-electron chi connectivity index (χ3n) is 3.74. The Kier molecular flexibility index (Phi) is 5.26. The van der Waals surface area contributed by atoms with Gasteiger partial charge in [-0.15, -0.1) is 0 Å². The summed E-state index contributed by atoms with van der Waals surface area (Å²) in [5.74, 6) is -0.663. The number of imidazole rings is 1. The number of carbonyl (C=O) groups is 1. The zero-order chi connectivity index (χ0) is 19.6. The van der Waals surface area contributed by atoms with Crippen LogP contribution >= 0.6 is 11.8 Å². The number of ether oxygens (including phenoxy) is 1. The van der Waals surface area contributed by atoms with Crippen LogP contribution in [0.1, 0.15) is 6.92 Å². The molecule has 0 aliphatic rings. The Morgan fingerprint density at radius 1 is 1.37 bits per heavy atom. The second kappa shape index (κ2) is 7.62. The maximum absolute atomic E-state index is 13.4. The number of nitro groups is 1. The number of hydrogen-bond acceptors (Lipinski definition) is 6. The Morgan fingerprint density at radius 3 is 2.85 bits per heavy atom. The molecule has 1 atom stereocenters. The fourth-order valence-electron chi connectivity index (χ4n) is 2.34. The normalized spacial score (nSPS) is 12.0. The number of aromatic amines is 1. The van der Waals surface area contributed by atoms with Gasteiger partial charge in [-0.05, 0) is 31.2 Å². The van der Waals surface area contributed by atoms with Gasteiger partial charge in [0.25, 0.3) is 0 Å². The van der Waals surface area contributed by atoms with Crippen LogP contribution in [0, 0.1) is 15.9 Å². The van der Waals surface area contributed by atoms with E-state index in [9.17, 15) is 19.3 Å². The molecule has 8 nitrogen and oxygen atoms in total. The van der Waals surface area contributed by atoms with Crippen LogP contribution in [0.2, 0.25) is 0 Å². The lowest BCUT2D eigenvalue weighted by Gasteiger charge is -2.10. The number of amides is 1. The quantitative estimate of drug-likeness (QED) is 0.377. The molecule has 27 heavy (non-hydrogen) atoms. The van der Waals surface area contributed by atoms with Gasteiger partial charge in [-0.3, -0.25) is 14.9 Å². The van der Waals surface area contributed by atoms with Crippen LogP contribution in [0.4, 0.5) is 15.8 Å². The number of halogens is 1. The highest BCUT2D eigenvalue weighted by atomic mass is 32.2. The summed E-state index contributed by atoms with van der Waals surface area (Å²) in [5.41, 5.74) is 0.966. The molecule has 2 aromatic carbocycles. The molecule has 3 aromatic rings. The van der Waals surface area contributed by atoms with E-state index >= 15 is 0 Å². The van der Waals surface area contributed by atoms with E-state index in [4.69, 9.17) is 4.74 Å². The second-order valence-electron chi connectivity index (χ2n) is 5.60. The van der Waals surface area contributed by atoms with Crippen molar-refractivity contribution in [2.45, 2.75) is 17.3 Å². The zero-order valence-electron chi connectivity index (χ0n) is 14.4. The molecule has 140 valence electrons. The van der Waals surface area contributed by atoms with E-state index in [1.165, 1.54) is 17.8 Å². The smallest absolute Gasteiger partial charge is 0.306 e. The molecule has 2 N–H and O–H groups in total. The lowest BCUT2D eigenvalue weighted by atomic mass is 10.2. The van der Waals surface area contributed by atoms with Gasteiger partial charge in [0.2, 0.25) is 11.7 Å². The standard InChI is InChI=1S/C17H15FN4O4S/c1-9(16(23)19-10-3-5-12(18)15(7-10)22(24)25)27-17-20-13-6-4-11(26-2)8-14(13)21-17/h3-9H,1-2H3,(H,19,23)(H,20,21). The molecule has 0 bridgehead atoms. The summed E-state index contributed by atoms with van der Waals surface area (Å²) >= 11 is 1.20. The van der Waals surface area contributed by atoms with E-state index in [-0.39, 0.29) is 11.6 Å². The zero-order valence-corrected chi connectivity index (χ0v) is 15.2. The number of thioether (sulfide) groups is 1. The van der Waals surface area contributed by atoms with Crippen LogP contribution in [-0.4, -0.2) is 33.2 Å². The summed E-state index contributed by atoms with van der Waals surface area (Å²) in [5, 5.41) is 13.3. The summed E-state index contributed by atoms with van der Waals surface area (Å²) in [6.45, 7) is 1.67. The van der Waals surface area contributed by atoms with E-state index < -0.39 is 21.7 Å². The first-order valence-electron chi connectivity index (χ1n) is 7.82. The molecule has 10 heteroatoms. The van der Waals surface area contributed by atoms with Gasteiger partial charge in [0.15, 0.2) is 5.16 Å². The minimum atomic E-state index is -0.960. The first kappa shape index (κ1) is 18.6. The van der Waals surface area contributed by atoms with Gasteiger partial charge in [0.1, 0.15) is 5.75 Å². The van der Waals surface area contributed by atoms with Crippen LogP contribution in [0.15, 0.2) is 41.6 Å². The van der Waals surface area contributed by atoms with Gasteiger partial charge in [-0.1, -0.05) is 11.8 Å². The van der Waals surface area contributed by atoms with Crippen molar-refractivity contribution in [1.82, 2.24) is 9.97 Å². The van der Waals surface area contributed by atoms with E-state index in [1.807, 2.05) is 0 Å². The molecule has 0 aliphatic heterocycles. The van der Waals surface area contributed by atoms with Gasteiger partial charge in [0, 0.05) is 17.8 Å². The van der Waals surface area contributed by atoms with Gasteiger partial charge < -0.3 is 15.0 Å². The van der Waals surface area contributed by atoms with Gasteiger partial charge in [0.05, 0.1) is 28.3 Å². The maximum Gasteiger partial charge on any atom is 0.306 e. The minimum Gasteiger partial charge on any atom is -0.497 e. The Labute approximate surface area is 157 Å². The monoisotopic (exact) mass is 390 g/mol. The molecule has 0 aliphatic carbocycles. The molecular formula is C17H15FN4O4S. The van der Waals surface area contributed by atoms with Crippen LogP contribution in [0.25, 0.3) is 11.0 Å². The highest BCUT2D eigenvalue weighted by molar-refractivity contribution is 8.00. The fraction of sp³-hybridized carbons (Fsp3) is 0.176.